The predicted molar refractivity (Wildman–Crippen MR) is 86.0 cm³/mol. The first-order valence-corrected chi connectivity index (χ1v) is 7.73. The second-order valence-corrected chi connectivity index (χ2v) is 5.81. The molecule has 1 saturated carbocycles. The van der Waals surface area contributed by atoms with Gasteiger partial charge < -0.3 is 9.88 Å². The van der Waals surface area contributed by atoms with Crippen molar-refractivity contribution in [3.8, 4) is 5.69 Å². The second kappa shape index (κ2) is 5.86. The summed E-state index contributed by atoms with van der Waals surface area (Å²) in [5, 5.41) is 3.43. The lowest BCUT2D eigenvalue weighted by molar-refractivity contribution is 0.679. The van der Waals surface area contributed by atoms with Crippen molar-refractivity contribution in [3.63, 3.8) is 0 Å². The van der Waals surface area contributed by atoms with Crippen molar-refractivity contribution in [1.82, 2.24) is 9.88 Å². The highest BCUT2D eigenvalue weighted by Gasteiger charge is 2.20. The van der Waals surface area contributed by atoms with Crippen molar-refractivity contribution in [2.75, 3.05) is 0 Å². The molecule has 0 spiro atoms. The molecule has 1 aliphatic carbocycles. The first-order valence-electron chi connectivity index (χ1n) is 7.73. The van der Waals surface area contributed by atoms with E-state index in [0.29, 0.717) is 12.6 Å². The SMILES string of the molecule is CCc1ccccc1-n1cc(CNC2CC2)c(=O)cc1C. The molecule has 1 fully saturated rings. The number of rotatable bonds is 5. The van der Waals surface area contributed by atoms with Crippen molar-refractivity contribution in [2.45, 2.75) is 45.7 Å². The Hall–Kier alpha value is -1.87. The molecular weight excluding hydrogens is 260 g/mol. The van der Waals surface area contributed by atoms with Crippen LogP contribution in [0.15, 0.2) is 41.3 Å². The number of hydrogen-bond donors (Lipinski definition) is 1. The molecule has 0 atom stereocenters. The number of pyridine rings is 1. The van der Waals surface area contributed by atoms with Crippen LogP contribution in [0, 0.1) is 6.92 Å². The lowest BCUT2D eigenvalue weighted by Crippen LogP contribution is -2.23. The Bertz CT molecular complexity index is 699. The van der Waals surface area contributed by atoms with E-state index in [0.717, 1.165) is 17.7 Å². The zero-order chi connectivity index (χ0) is 14.8. The number of nitrogens with one attached hydrogen (secondary N) is 1. The van der Waals surface area contributed by atoms with Crippen LogP contribution in [-0.4, -0.2) is 10.6 Å². The summed E-state index contributed by atoms with van der Waals surface area (Å²) in [6.07, 6.45) is 5.45. The fourth-order valence-electron chi connectivity index (χ4n) is 2.65. The number of para-hydroxylation sites is 1. The van der Waals surface area contributed by atoms with Crippen molar-refractivity contribution in [3.05, 3.63) is 63.6 Å². The minimum atomic E-state index is 0.130. The van der Waals surface area contributed by atoms with Gasteiger partial charge in [-0.2, -0.15) is 0 Å². The molecule has 0 amide bonds. The van der Waals surface area contributed by atoms with E-state index in [1.165, 1.54) is 24.1 Å². The molecule has 0 radical (unpaired) electrons. The monoisotopic (exact) mass is 282 g/mol. The van der Waals surface area contributed by atoms with E-state index in [4.69, 9.17) is 0 Å². The van der Waals surface area contributed by atoms with E-state index in [2.05, 4.69) is 35.0 Å². The number of hydrogen-bond acceptors (Lipinski definition) is 2. The Kier molecular flexibility index (Phi) is 3.93. The van der Waals surface area contributed by atoms with Gasteiger partial charge in [0.2, 0.25) is 0 Å². The van der Waals surface area contributed by atoms with Gasteiger partial charge in [0.1, 0.15) is 0 Å². The molecule has 2 aromatic rings. The summed E-state index contributed by atoms with van der Waals surface area (Å²) in [6.45, 7) is 4.82. The molecule has 1 aliphatic rings. The molecule has 3 heteroatoms. The summed E-state index contributed by atoms with van der Waals surface area (Å²) in [6, 6.07) is 10.7. The van der Waals surface area contributed by atoms with Gasteiger partial charge in [0.25, 0.3) is 0 Å². The Morgan fingerprint density at radius 2 is 2.00 bits per heavy atom. The molecule has 1 heterocycles. The van der Waals surface area contributed by atoms with Crippen LogP contribution < -0.4 is 10.7 Å². The van der Waals surface area contributed by atoms with Gasteiger partial charge in [0.05, 0.1) is 0 Å². The van der Waals surface area contributed by atoms with Gasteiger partial charge in [-0.15, -0.1) is 0 Å². The first kappa shape index (κ1) is 14.1. The molecule has 21 heavy (non-hydrogen) atoms. The van der Waals surface area contributed by atoms with Crippen LogP contribution in [0.5, 0.6) is 0 Å². The summed E-state index contributed by atoms with van der Waals surface area (Å²) in [5.74, 6) is 0. The third kappa shape index (κ3) is 3.08. The molecule has 0 aliphatic heterocycles. The van der Waals surface area contributed by atoms with Crippen molar-refractivity contribution in [1.29, 1.82) is 0 Å². The first-order chi connectivity index (χ1) is 10.2. The Morgan fingerprint density at radius 3 is 2.71 bits per heavy atom. The predicted octanol–water partition coefficient (Wildman–Crippen LogP) is 2.96. The number of aryl methyl sites for hydroxylation is 2. The van der Waals surface area contributed by atoms with E-state index in [1.807, 2.05) is 19.2 Å². The average Bonchev–Trinajstić information content (AvgIpc) is 3.31. The third-order valence-electron chi connectivity index (χ3n) is 4.11. The van der Waals surface area contributed by atoms with E-state index in [9.17, 15) is 4.79 Å². The van der Waals surface area contributed by atoms with Gasteiger partial charge >= 0.3 is 0 Å². The summed E-state index contributed by atoms with van der Waals surface area (Å²) in [5.41, 5.74) is 4.43. The summed E-state index contributed by atoms with van der Waals surface area (Å²) in [7, 11) is 0. The number of nitrogens with zero attached hydrogens (tertiary/aromatic N) is 1. The standard InChI is InChI=1S/C18H22N2O/c1-3-14-6-4-5-7-17(14)20-12-15(11-19-16-8-9-16)18(21)10-13(20)2/h4-7,10,12,16,19H,3,8-9,11H2,1-2H3. The Morgan fingerprint density at radius 1 is 1.24 bits per heavy atom. The average molecular weight is 282 g/mol. The minimum Gasteiger partial charge on any atom is -0.320 e. The highest BCUT2D eigenvalue weighted by atomic mass is 16.1. The molecule has 0 unspecified atom stereocenters. The quantitative estimate of drug-likeness (QED) is 0.915. The van der Waals surface area contributed by atoms with Crippen molar-refractivity contribution < 1.29 is 0 Å². The Balaban J connectivity index is 2.00. The fourth-order valence-corrected chi connectivity index (χ4v) is 2.65. The molecule has 110 valence electrons. The molecular formula is C18H22N2O. The van der Waals surface area contributed by atoms with Crippen LogP contribution in [0.25, 0.3) is 5.69 Å². The zero-order valence-corrected chi connectivity index (χ0v) is 12.7. The molecule has 3 rings (SSSR count). The third-order valence-corrected chi connectivity index (χ3v) is 4.11. The fraction of sp³-hybridized carbons (Fsp3) is 0.389. The summed E-state index contributed by atoms with van der Waals surface area (Å²) < 4.78 is 2.14. The van der Waals surface area contributed by atoms with E-state index in [1.54, 1.807) is 6.07 Å². The zero-order valence-electron chi connectivity index (χ0n) is 12.7. The second-order valence-electron chi connectivity index (χ2n) is 5.81. The van der Waals surface area contributed by atoms with Gasteiger partial charge in [-0.1, -0.05) is 25.1 Å². The van der Waals surface area contributed by atoms with Crippen LogP contribution >= 0.6 is 0 Å². The van der Waals surface area contributed by atoms with Crippen LogP contribution in [0.2, 0.25) is 0 Å². The largest absolute Gasteiger partial charge is 0.320 e. The highest BCUT2D eigenvalue weighted by molar-refractivity contribution is 5.43. The molecule has 3 nitrogen and oxygen atoms in total. The van der Waals surface area contributed by atoms with Crippen LogP contribution in [0.4, 0.5) is 0 Å². The van der Waals surface area contributed by atoms with Gasteiger partial charge in [-0.25, -0.2) is 0 Å². The van der Waals surface area contributed by atoms with Crippen molar-refractivity contribution >= 4 is 0 Å². The maximum Gasteiger partial charge on any atom is 0.186 e. The van der Waals surface area contributed by atoms with Crippen LogP contribution in [0.3, 0.4) is 0 Å². The van der Waals surface area contributed by atoms with Gasteiger partial charge in [-0.3, -0.25) is 4.79 Å². The highest BCUT2D eigenvalue weighted by Crippen LogP contribution is 2.20. The van der Waals surface area contributed by atoms with Crippen LogP contribution in [-0.2, 0) is 13.0 Å². The molecule has 0 bridgehead atoms. The normalized spacial score (nSPS) is 14.4. The lowest BCUT2D eigenvalue weighted by Gasteiger charge is -2.16. The molecule has 1 aromatic heterocycles. The molecule has 0 saturated heterocycles. The molecule has 1 aromatic carbocycles. The molecule has 1 N–H and O–H groups in total. The van der Waals surface area contributed by atoms with E-state index >= 15 is 0 Å². The minimum absolute atomic E-state index is 0.130. The number of benzene rings is 1. The van der Waals surface area contributed by atoms with Gasteiger partial charge in [0.15, 0.2) is 5.43 Å². The van der Waals surface area contributed by atoms with Gasteiger partial charge in [0, 0.05) is 41.8 Å². The maximum absolute atomic E-state index is 12.2. The van der Waals surface area contributed by atoms with E-state index in [-0.39, 0.29) is 5.43 Å². The topological polar surface area (TPSA) is 34.0 Å². The Labute approximate surface area is 125 Å². The summed E-state index contributed by atoms with van der Waals surface area (Å²) in [4.78, 5) is 12.2. The number of aromatic nitrogens is 1. The smallest absolute Gasteiger partial charge is 0.186 e. The van der Waals surface area contributed by atoms with Gasteiger partial charge in [-0.05, 0) is 37.8 Å². The van der Waals surface area contributed by atoms with Crippen LogP contribution in [0.1, 0.15) is 36.6 Å². The summed E-state index contributed by atoms with van der Waals surface area (Å²) >= 11 is 0. The maximum atomic E-state index is 12.2. The van der Waals surface area contributed by atoms with E-state index < -0.39 is 0 Å². The lowest BCUT2D eigenvalue weighted by atomic mass is 10.1. The van der Waals surface area contributed by atoms with Crippen molar-refractivity contribution in [2.24, 2.45) is 0 Å².